The van der Waals surface area contributed by atoms with Crippen LogP contribution in [0.15, 0.2) is 30.3 Å². The molecule has 2 bridgehead atoms. The summed E-state index contributed by atoms with van der Waals surface area (Å²) in [5.74, 6) is -2.40. The highest BCUT2D eigenvalue weighted by Gasteiger charge is 2.80. The molecule has 1 spiro atoms. The van der Waals surface area contributed by atoms with Crippen molar-refractivity contribution >= 4 is 17.7 Å². The molecular formula is C26H37N3O5. The van der Waals surface area contributed by atoms with E-state index in [0.717, 1.165) is 5.56 Å². The Morgan fingerprint density at radius 2 is 1.88 bits per heavy atom. The number of benzene rings is 1. The fourth-order valence-electron chi connectivity index (χ4n) is 6.27. The monoisotopic (exact) mass is 471 g/mol. The number of carbonyl (C=O) groups excluding carboxylic acids is 3. The summed E-state index contributed by atoms with van der Waals surface area (Å²) in [6.07, 6.45) is 0.499. The standard InChI is InChI=1S/C26H37N3O5/c1-15-12-26-19(23(33)29(16(2)14-30)20(26)22(32)28-24(3,4)5)18(25(15,6)34-26)21(31)27-13-17-10-8-7-9-11-17/h7-11,15-16,18-20,30H,12-14H2,1-6H3,(H,27,31)(H,28,32)/t15?,16-,18-,19+,20?,25+,26?/m1/s1. The van der Waals surface area contributed by atoms with Crippen molar-refractivity contribution < 1.29 is 24.2 Å². The Balaban J connectivity index is 1.71. The van der Waals surface area contributed by atoms with Crippen LogP contribution < -0.4 is 10.6 Å². The van der Waals surface area contributed by atoms with Gasteiger partial charge in [-0.25, -0.2) is 0 Å². The molecule has 8 nitrogen and oxygen atoms in total. The van der Waals surface area contributed by atoms with Gasteiger partial charge in [0.15, 0.2) is 0 Å². The molecule has 4 rings (SSSR count). The number of aliphatic hydroxyl groups is 1. The third-order valence-electron chi connectivity index (χ3n) is 7.83. The first kappa shape index (κ1) is 24.7. The number of ether oxygens (including phenoxy) is 1. The summed E-state index contributed by atoms with van der Waals surface area (Å²) in [4.78, 5) is 42.5. The lowest BCUT2D eigenvalue weighted by molar-refractivity contribution is -0.151. The van der Waals surface area contributed by atoms with Crippen LogP contribution in [0.4, 0.5) is 0 Å². The Bertz CT molecular complexity index is 976. The molecule has 3 heterocycles. The molecule has 0 aromatic heterocycles. The van der Waals surface area contributed by atoms with Gasteiger partial charge in [0.25, 0.3) is 0 Å². The van der Waals surface area contributed by atoms with Crippen molar-refractivity contribution in [2.75, 3.05) is 6.61 Å². The molecule has 0 radical (unpaired) electrons. The Labute approximate surface area is 201 Å². The number of amides is 3. The largest absolute Gasteiger partial charge is 0.394 e. The predicted octanol–water partition coefficient (Wildman–Crippen LogP) is 1.61. The zero-order valence-electron chi connectivity index (χ0n) is 20.9. The van der Waals surface area contributed by atoms with Gasteiger partial charge < -0.3 is 25.4 Å². The lowest BCUT2D eigenvalue weighted by Crippen LogP contribution is -2.60. The number of nitrogens with zero attached hydrogens (tertiary/aromatic N) is 1. The van der Waals surface area contributed by atoms with Crippen molar-refractivity contribution in [2.24, 2.45) is 17.8 Å². The Kier molecular flexibility index (Phi) is 6.05. The molecule has 7 atom stereocenters. The molecule has 186 valence electrons. The van der Waals surface area contributed by atoms with E-state index in [2.05, 4.69) is 10.6 Å². The van der Waals surface area contributed by atoms with Gasteiger partial charge >= 0.3 is 0 Å². The number of rotatable bonds is 6. The van der Waals surface area contributed by atoms with Gasteiger partial charge in [0.1, 0.15) is 11.6 Å². The van der Waals surface area contributed by atoms with Crippen LogP contribution in [-0.4, -0.2) is 63.2 Å². The van der Waals surface area contributed by atoms with Crippen molar-refractivity contribution in [2.45, 2.75) is 83.3 Å². The maximum absolute atomic E-state index is 13.9. The number of aliphatic hydroxyl groups excluding tert-OH is 1. The van der Waals surface area contributed by atoms with E-state index in [0.29, 0.717) is 13.0 Å². The molecule has 3 N–H and O–H groups in total. The lowest BCUT2D eigenvalue weighted by Gasteiger charge is -2.37. The summed E-state index contributed by atoms with van der Waals surface area (Å²) in [5.41, 5.74) is -1.53. The highest BCUT2D eigenvalue weighted by atomic mass is 16.5. The highest BCUT2D eigenvalue weighted by molar-refractivity contribution is 5.99. The van der Waals surface area contributed by atoms with Crippen LogP contribution in [0.3, 0.4) is 0 Å². The van der Waals surface area contributed by atoms with Crippen molar-refractivity contribution in [1.29, 1.82) is 0 Å². The van der Waals surface area contributed by atoms with Gasteiger partial charge in [-0.05, 0) is 52.5 Å². The van der Waals surface area contributed by atoms with E-state index in [1.54, 1.807) is 6.92 Å². The topological polar surface area (TPSA) is 108 Å². The fourth-order valence-corrected chi connectivity index (χ4v) is 6.27. The van der Waals surface area contributed by atoms with Crippen LogP contribution >= 0.6 is 0 Å². The zero-order chi connectivity index (χ0) is 25.1. The van der Waals surface area contributed by atoms with Crippen LogP contribution in [0.5, 0.6) is 0 Å². The van der Waals surface area contributed by atoms with Crippen LogP contribution in [-0.2, 0) is 25.7 Å². The van der Waals surface area contributed by atoms with Gasteiger partial charge in [0, 0.05) is 12.1 Å². The fraction of sp³-hybridized carbons (Fsp3) is 0.654. The third-order valence-corrected chi connectivity index (χ3v) is 7.83. The molecule has 3 aliphatic heterocycles. The number of hydrogen-bond acceptors (Lipinski definition) is 5. The number of likely N-dealkylation sites (tertiary alicyclic amines) is 1. The average Bonchev–Trinajstić information content (AvgIpc) is 3.28. The van der Waals surface area contributed by atoms with E-state index < -0.39 is 40.7 Å². The first-order chi connectivity index (χ1) is 15.9. The molecule has 0 saturated carbocycles. The average molecular weight is 472 g/mol. The van der Waals surface area contributed by atoms with Crippen LogP contribution in [0.1, 0.15) is 53.5 Å². The molecule has 3 fully saturated rings. The van der Waals surface area contributed by atoms with Gasteiger partial charge in [-0.3, -0.25) is 14.4 Å². The summed E-state index contributed by atoms with van der Waals surface area (Å²) < 4.78 is 6.65. The summed E-state index contributed by atoms with van der Waals surface area (Å²) in [6, 6.07) is 8.10. The number of hydrogen-bond donors (Lipinski definition) is 3. The molecule has 3 amide bonds. The quantitative estimate of drug-likeness (QED) is 0.584. The smallest absolute Gasteiger partial charge is 0.246 e. The van der Waals surface area contributed by atoms with Crippen molar-refractivity contribution in [3.05, 3.63) is 35.9 Å². The van der Waals surface area contributed by atoms with E-state index in [9.17, 15) is 19.5 Å². The third kappa shape index (κ3) is 3.71. The van der Waals surface area contributed by atoms with E-state index in [1.165, 1.54) is 4.90 Å². The molecule has 34 heavy (non-hydrogen) atoms. The zero-order valence-corrected chi connectivity index (χ0v) is 20.9. The second kappa shape index (κ2) is 8.34. The molecule has 1 aromatic rings. The molecular weight excluding hydrogens is 434 g/mol. The summed E-state index contributed by atoms with van der Waals surface area (Å²) in [6.45, 7) is 11.3. The Hall–Kier alpha value is -2.45. The van der Waals surface area contributed by atoms with Crippen LogP contribution in [0.25, 0.3) is 0 Å². The maximum Gasteiger partial charge on any atom is 0.246 e. The second-order valence-electron chi connectivity index (χ2n) is 11.4. The van der Waals surface area contributed by atoms with Crippen LogP contribution in [0, 0.1) is 17.8 Å². The maximum atomic E-state index is 13.9. The number of nitrogens with one attached hydrogen (secondary N) is 2. The van der Waals surface area contributed by atoms with E-state index in [1.807, 2.05) is 65.0 Å². The van der Waals surface area contributed by atoms with Gasteiger partial charge in [0.05, 0.1) is 30.1 Å². The van der Waals surface area contributed by atoms with Crippen molar-refractivity contribution in [1.82, 2.24) is 15.5 Å². The Morgan fingerprint density at radius 3 is 2.47 bits per heavy atom. The van der Waals surface area contributed by atoms with Gasteiger partial charge in [-0.1, -0.05) is 37.3 Å². The Morgan fingerprint density at radius 1 is 1.24 bits per heavy atom. The summed E-state index contributed by atoms with van der Waals surface area (Å²) >= 11 is 0. The molecule has 3 unspecified atom stereocenters. The minimum Gasteiger partial charge on any atom is -0.394 e. The predicted molar refractivity (Wildman–Crippen MR) is 126 cm³/mol. The van der Waals surface area contributed by atoms with Crippen molar-refractivity contribution in [3.63, 3.8) is 0 Å². The molecule has 0 aliphatic carbocycles. The minimum absolute atomic E-state index is 0.0293. The highest BCUT2D eigenvalue weighted by Crippen LogP contribution is 2.65. The van der Waals surface area contributed by atoms with Crippen LogP contribution in [0.2, 0.25) is 0 Å². The first-order valence-electron chi connectivity index (χ1n) is 12.1. The lowest BCUT2D eigenvalue weighted by atomic mass is 9.62. The molecule has 1 aromatic carbocycles. The second-order valence-corrected chi connectivity index (χ2v) is 11.4. The molecule has 8 heteroatoms. The van der Waals surface area contributed by atoms with E-state index >= 15 is 0 Å². The summed E-state index contributed by atoms with van der Waals surface area (Å²) in [7, 11) is 0. The number of carbonyl (C=O) groups is 3. The van der Waals surface area contributed by atoms with E-state index in [-0.39, 0.29) is 30.2 Å². The first-order valence-corrected chi connectivity index (χ1v) is 12.1. The normalized spacial score (nSPS) is 35.3. The van der Waals surface area contributed by atoms with Gasteiger partial charge in [0.2, 0.25) is 17.7 Å². The summed E-state index contributed by atoms with van der Waals surface area (Å²) in [5, 5.41) is 15.9. The van der Waals surface area contributed by atoms with Gasteiger partial charge in [-0.2, -0.15) is 0 Å². The number of fused-ring (bicyclic) bond motifs is 1. The SMILES string of the molecule is CC1CC23O[C@]1(C)[C@@H](C(=O)NCc1ccccc1)[C@H]2C(=O)N([C@H](C)CO)C3C(=O)NC(C)(C)C. The molecule has 3 aliphatic rings. The minimum atomic E-state index is -1.11. The van der Waals surface area contributed by atoms with Crippen molar-refractivity contribution in [3.8, 4) is 0 Å². The molecule has 3 saturated heterocycles. The van der Waals surface area contributed by atoms with E-state index in [4.69, 9.17) is 4.74 Å². The van der Waals surface area contributed by atoms with Gasteiger partial charge in [-0.15, -0.1) is 0 Å².